The second-order valence-corrected chi connectivity index (χ2v) is 7.13. The van der Waals surface area contributed by atoms with Crippen LogP contribution in [0.25, 0.3) is 11.0 Å². The van der Waals surface area contributed by atoms with E-state index in [4.69, 9.17) is 16.3 Å². The zero-order valence-corrected chi connectivity index (χ0v) is 14.9. The number of alkyl halides is 1. The number of halogens is 3. The van der Waals surface area contributed by atoms with Gasteiger partial charge in [0.15, 0.2) is 0 Å². The van der Waals surface area contributed by atoms with E-state index >= 15 is 0 Å². The van der Waals surface area contributed by atoms with E-state index in [0.717, 1.165) is 16.9 Å². The van der Waals surface area contributed by atoms with Crippen molar-refractivity contribution in [1.82, 2.24) is 9.55 Å². The molecule has 0 aliphatic heterocycles. The molecule has 0 amide bonds. The minimum Gasteiger partial charge on any atom is -0.374 e. The Kier molecular flexibility index (Phi) is 4.96. The van der Waals surface area contributed by atoms with Crippen LogP contribution in [0.4, 0.5) is 4.39 Å². The van der Waals surface area contributed by atoms with E-state index in [2.05, 4.69) is 20.9 Å². The maximum Gasteiger partial charge on any atom is 0.139 e. The van der Waals surface area contributed by atoms with Crippen molar-refractivity contribution in [1.29, 1.82) is 0 Å². The van der Waals surface area contributed by atoms with Crippen LogP contribution >= 0.6 is 27.5 Å². The van der Waals surface area contributed by atoms with E-state index in [9.17, 15) is 4.39 Å². The molecule has 0 spiro atoms. The van der Waals surface area contributed by atoms with Crippen LogP contribution in [0, 0.1) is 5.82 Å². The van der Waals surface area contributed by atoms with Crippen LogP contribution in [0.3, 0.4) is 0 Å². The average molecular weight is 378 g/mol. The summed E-state index contributed by atoms with van der Waals surface area (Å²) in [6.45, 7) is 8.99. The zero-order valence-electron chi connectivity index (χ0n) is 12.6. The molecule has 3 nitrogen and oxygen atoms in total. The van der Waals surface area contributed by atoms with E-state index in [0.29, 0.717) is 17.6 Å². The minimum absolute atomic E-state index is 0.267. The molecule has 0 saturated carbocycles. The van der Waals surface area contributed by atoms with Gasteiger partial charge < -0.3 is 9.30 Å². The first-order chi connectivity index (χ1) is 9.75. The summed E-state index contributed by atoms with van der Waals surface area (Å²) in [7, 11) is 0. The number of fused-ring (bicyclic) bond motifs is 1. The van der Waals surface area contributed by atoms with Crippen molar-refractivity contribution < 1.29 is 9.13 Å². The quantitative estimate of drug-likeness (QED) is 0.682. The number of ether oxygens (including phenoxy) is 1. The summed E-state index contributed by atoms with van der Waals surface area (Å²) in [6.07, 6.45) is 0. The summed E-state index contributed by atoms with van der Waals surface area (Å²) in [5.74, 6) is 0.406. The average Bonchev–Trinajstić information content (AvgIpc) is 2.68. The van der Waals surface area contributed by atoms with E-state index in [-0.39, 0.29) is 16.8 Å². The van der Waals surface area contributed by atoms with Crippen molar-refractivity contribution in [2.75, 3.05) is 6.61 Å². The lowest BCUT2D eigenvalue weighted by atomic mass is 10.1. The summed E-state index contributed by atoms with van der Waals surface area (Å²) < 4.78 is 22.0. The molecule has 0 aliphatic rings. The van der Waals surface area contributed by atoms with Crippen molar-refractivity contribution in [3.8, 4) is 0 Å². The van der Waals surface area contributed by atoms with Gasteiger partial charge in [-0.2, -0.15) is 0 Å². The van der Waals surface area contributed by atoms with Crippen molar-refractivity contribution in [2.45, 2.75) is 45.2 Å². The number of aromatic nitrogens is 2. The lowest BCUT2D eigenvalue weighted by Crippen LogP contribution is -2.31. The number of benzene rings is 1. The smallest absolute Gasteiger partial charge is 0.139 e. The molecule has 0 aliphatic carbocycles. The Morgan fingerprint density at radius 3 is 2.71 bits per heavy atom. The summed E-state index contributed by atoms with van der Waals surface area (Å²) >= 11 is 9.43. The standard InChI is InChI=1S/C15H19BrClFN2O/c1-5-21-15(3,4)8-20-13-7-11(18)10(16)6-12(13)19-14(20)9(2)17/h6-7,9H,5,8H2,1-4H3. The van der Waals surface area contributed by atoms with Crippen LogP contribution in [0.15, 0.2) is 16.6 Å². The molecule has 0 bridgehead atoms. The van der Waals surface area contributed by atoms with E-state index in [1.165, 1.54) is 6.07 Å². The number of imidazole rings is 1. The lowest BCUT2D eigenvalue weighted by molar-refractivity contribution is -0.0221. The van der Waals surface area contributed by atoms with E-state index in [1.54, 1.807) is 6.07 Å². The van der Waals surface area contributed by atoms with Gasteiger partial charge in [0, 0.05) is 12.7 Å². The molecule has 2 aromatic rings. The van der Waals surface area contributed by atoms with Gasteiger partial charge in [0.05, 0.1) is 33.0 Å². The lowest BCUT2D eigenvalue weighted by Gasteiger charge is -2.26. The number of rotatable bonds is 5. The maximum atomic E-state index is 13.9. The fourth-order valence-corrected chi connectivity index (χ4v) is 2.92. The normalized spacial score (nSPS) is 13.9. The first-order valence-corrected chi connectivity index (χ1v) is 8.11. The van der Waals surface area contributed by atoms with Crippen LogP contribution in [-0.4, -0.2) is 21.8 Å². The Bertz CT molecular complexity index is 655. The molecule has 21 heavy (non-hydrogen) atoms. The highest BCUT2D eigenvalue weighted by Crippen LogP contribution is 2.30. The molecular formula is C15H19BrClFN2O. The van der Waals surface area contributed by atoms with Crippen molar-refractivity contribution >= 4 is 38.6 Å². The Balaban J connectivity index is 2.58. The molecule has 1 atom stereocenters. The van der Waals surface area contributed by atoms with Crippen LogP contribution in [0.1, 0.15) is 38.9 Å². The molecule has 2 rings (SSSR count). The molecule has 0 N–H and O–H groups in total. The highest BCUT2D eigenvalue weighted by molar-refractivity contribution is 9.10. The van der Waals surface area contributed by atoms with Gasteiger partial charge in [0.2, 0.25) is 0 Å². The molecule has 1 unspecified atom stereocenters. The molecule has 1 aromatic carbocycles. The van der Waals surface area contributed by atoms with Gasteiger partial charge in [-0.15, -0.1) is 11.6 Å². The van der Waals surface area contributed by atoms with E-state index < -0.39 is 0 Å². The third-order valence-corrected chi connectivity index (χ3v) is 4.05. The largest absolute Gasteiger partial charge is 0.374 e. The first kappa shape index (κ1) is 16.7. The molecule has 6 heteroatoms. The highest BCUT2D eigenvalue weighted by Gasteiger charge is 2.24. The maximum absolute atomic E-state index is 13.9. The van der Waals surface area contributed by atoms with Crippen molar-refractivity contribution in [3.05, 3.63) is 28.2 Å². The Morgan fingerprint density at radius 1 is 1.48 bits per heavy atom. The minimum atomic E-state index is -0.382. The monoisotopic (exact) mass is 376 g/mol. The van der Waals surface area contributed by atoms with Crippen molar-refractivity contribution in [2.24, 2.45) is 0 Å². The highest BCUT2D eigenvalue weighted by atomic mass is 79.9. The van der Waals surface area contributed by atoms with Crippen molar-refractivity contribution in [3.63, 3.8) is 0 Å². The number of hydrogen-bond donors (Lipinski definition) is 0. The molecule has 1 heterocycles. The predicted molar refractivity (Wildman–Crippen MR) is 87.4 cm³/mol. The van der Waals surface area contributed by atoms with Gasteiger partial charge in [-0.1, -0.05) is 0 Å². The van der Waals surface area contributed by atoms with Gasteiger partial charge in [-0.3, -0.25) is 0 Å². The molecule has 1 aromatic heterocycles. The van der Waals surface area contributed by atoms with Gasteiger partial charge in [0.1, 0.15) is 11.6 Å². The SMILES string of the molecule is CCOC(C)(C)Cn1c(C(C)Cl)nc2cc(Br)c(F)cc21. The number of nitrogens with zero attached hydrogens (tertiary/aromatic N) is 2. The van der Waals surface area contributed by atoms with Gasteiger partial charge in [-0.25, -0.2) is 9.37 Å². The molecule has 0 saturated heterocycles. The Morgan fingerprint density at radius 2 is 2.14 bits per heavy atom. The fraction of sp³-hybridized carbons (Fsp3) is 0.533. The number of hydrogen-bond acceptors (Lipinski definition) is 2. The second-order valence-electron chi connectivity index (χ2n) is 5.62. The van der Waals surface area contributed by atoms with Crippen LogP contribution < -0.4 is 0 Å². The van der Waals surface area contributed by atoms with Crippen LogP contribution in [0.2, 0.25) is 0 Å². The third-order valence-electron chi connectivity index (χ3n) is 3.25. The first-order valence-electron chi connectivity index (χ1n) is 6.88. The molecule has 0 fully saturated rings. The Labute approximate surface area is 137 Å². The van der Waals surface area contributed by atoms with Gasteiger partial charge in [-0.05, 0) is 49.7 Å². The summed E-state index contributed by atoms with van der Waals surface area (Å²) in [6, 6.07) is 3.16. The fourth-order valence-electron chi connectivity index (χ4n) is 2.43. The molecular weight excluding hydrogens is 359 g/mol. The predicted octanol–water partition coefficient (Wildman–Crippen LogP) is 5.05. The molecule has 0 radical (unpaired) electrons. The zero-order chi connectivity index (χ0) is 15.8. The summed E-state index contributed by atoms with van der Waals surface area (Å²) in [4.78, 5) is 4.54. The summed E-state index contributed by atoms with van der Waals surface area (Å²) in [5, 5.41) is -0.267. The Hall–Kier alpha value is -0.650. The van der Waals surface area contributed by atoms with Gasteiger partial charge >= 0.3 is 0 Å². The summed E-state index contributed by atoms with van der Waals surface area (Å²) in [5.41, 5.74) is 1.07. The van der Waals surface area contributed by atoms with Crippen LogP contribution in [-0.2, 0) is 11.3 Å². The molecule has 116 valence electrons. The third kappa shape index (κ3) is 3.58. The van der Waals surface area contributed by atoms with E-state index in [1.807, 2.05) is 32.3 Å². The van der Waals surface area contributed by atoms with Crippen LogP contribution in [0.5, 0.6) is 0 Å². The van der Waals surface area contributed by atoms with Gasteiger partial charge in [0.25, 0.3) is 0 Å². The topological polar surface area (TPSA) is 27.1 Å². The second kappa shape index (κ2) is 6.23.